The summed E-state index contributed by atoms with van der Waals surface area (Å²) in [6.07, 6.45) is -1.25. The molecule has 0 unspecified atom stereocenters. The molecule has 5 rings (SSSR count). The van der Waals surface area contributed by atoms with Crippen molar-refractivity contribution in [1.82, 2.24) is 4.90 Å². The third kappa shape index (κ3) is 6.81. The van der Waals surface area contributed by atoms with E-state index in [1.165, 1.54) is 4.31 Å². The summed E-state index contributed by atoms with van der Waals surface area (Å²) in [4.78, 5) is 27.7. The quantitative estimate of drug-likeness (QED) is 0.239. The van der Waals surface area contributed by atoms with Gasteiger partial charge < -0.3 is 14.7 Å². The molecule has 2 fully saturated rings. The Morgan fingerprint density at radius 1 is 1.00 bits per heavy atom. The Morgan fingerprint density at radius 3 is 2.30 bits per heavy atom. The average Bonchev–Trinajstić information content (AvgIpc) is 3.82. The molecule has 1 amide bonds. The molecule has 0 radical (unpaired) electrons. The van der Waals surface area contributed by atoms with Crippen LogP contribution >= 0.6 is 34.8 Å². The Morgan fingerprint density at radius 2 is 1.70 bits per heavy atom. The van der Waals surface area contributed by atoms with Gasteiger partial charge in [0.25, 0.3) is 5.91 Å². The number of ether oxygens (including phenoxy) is 1. The molecule has 2 aliphatic rings. The van der Waals surface area contributed by atoms with Gasteiger partial charge in [-0.15, -0.1) is 0 Å². The summed E-state index contributed by atoms with van der Waals surface area (Å²) in [5.74, 6) is -1.74. The highest BCUT2D eigenvalue weighted by atomic mass is 35.5. The van der Waals surface area contributed by atoms with Crippen molar-refractivity contribution >= 4 is 62.4 Å². The van der Waals surface area contributed by atoms with Crippen LogP contribution in [0.5, 0.6) is 0 Å². The number of hydrogen-bond donors (Lipinski definition) is 1. The lowest BCUT2D eigenvalue weighted by Gasteiger charge is -2.48. The van der Waals surface area contributed by atoms with Crippen LogP contribution in [0.2, 0.25) is 15.1 Å². The molecule has 1 saturated carbocycles. The van der Waals surface area contributed by atoms with Crippen LogP contribution in [0.4, 0.5) is 5.69 Å². The molecule has 1 aliphatic heterocycles. The van der Waals surface area contributed by atoms with Gasteiger partial charge in [0.15, 0.2) is 0 Å². The molecular weight excluding hydrogens is 635 g/mol. The molecule has 3 aromatic rings. The molecule has 8 nitrogen and oxygen atoms in total. The molecule has 1 N–H and O–H groups in total. The van der Waals surface area contributed by atoms with Gasteiger partial charge in [-0.25, -0.2) is 8.42 Å². The first-order valence-electron chi connectivity index (χ1n) is 14.0. The summed E-state index contributed by atoms with van der Waals surface area (Å²) in [5, 5.41) is 10.4. The summed E-state index contributed by atoms with van der Waals surface area (Å²) in [5.41, 5.74) is 1.65. The number of carboxylic acid groups (broad SMARTS) is 1. The van der Waals surface area contributed by atoms with Crippen LogP contribution < -0.4 is 4.31 Å². The minimum absolute atomic E-state index is 0.0864. The maximum absolute atomic E-state index is 14.2. The van der Waals surface area contributed by atoms with E-state index < -0.39 is 57.9 Å². The second kappa shape index (κ2) is 13.0. The number of amides is 1. The monoisotopic (exact) mass is 664 g/mol. The van der Waals surface area contributed by atoms with Gasteiger partial charge >= 0.3 is 5.97 Å². The molecule has 43 heavy (non-hydrogen) atoms. The number of anilines is 1. The first-order valence-corrected chi connectivity index (χ1v) is 16.6. The van der Waals surface area contributed by atoms with E-state index in [1.807, 2.05) is 6.92 Å². The predicted molar refractivity (Wildman–Crippen MR) is 167 cm³/mol. The number of carbonyl (C=O) groups excluding carboxylic acids is 1. The molecule has 1 aliphatic carbocycles. The zero-order valence-electron chi connectivity index (χ0n) is 23.3. The van der Waals surface area contributed by atoms with Crippen molar-refractivity contribution in [2.45, 2.75) is 62.1 Å². The van der Waals surface area contributed by atoms with Crippen molar-refractivity contribution < 1.29 is 27.9 Å². The third-order valence-corrected chi connectivity index (χ3v) is 10.9. The Bertz CT molecular complexity index is 1600. The molecule has 3 aromatic carbocycles. The van der Waals surface area contributed by atoms with E-state index in [1.54, 1.807) is 77.7 Å². The first kappa shape index (κ1) is 31.6. The van der Waals surface area contributed by atoms with Gasteiger partial charge in [0.2, 0.25) is 10.0 Å². The van der Waals surface area contributed by atoms with Gasteiger partial charge in [0, 0.05) is 10.0 Å². The molecule has 228 valence electrons. The van der Waals surface area contributed by atoms with Crippen molar-refractivity contribution in [3.8, 4) is 0 Å². The topological polar surface area (TPSA) is 104 Å². The number of sulfonamides is 1. The van der Waals surface area contributed by atoms with Crippen LogP contribution in [0, 0.1) is 0 Å². The number of hydrogen-bond acceptors (Lipinski definition) is 5. The maximum atomic E-state index is 14.2. The van der Waals surface area contributed by atoms with E-state index >= 15 is 0 Å². The van der Waals surface area contributed by atoms with Crippen LogP contribution in [-0.4, -0.2) is 54.2 Å². The van der Waals surface area contributed by atoms with Gasteiger partial charge in [-0.1, -0.05) is 78.1 Å². The van der Waals surface area contributed by atoms with Gasteiger partial charge in [-0.05, 0) is 66.8 Å². The number of carbonyl (C=O) groups is 2. The SMILES string of the molecule is CC[C@@H](CN(c1ccccc1Cl)S(=O)(=O)C1CC1)N1C(=O)[C@H](CC(=O)O)O[C@H](c2cccc(Cl)c2)[C@H]1c1ccc(Cl)cc1. The number of carboxylic acids is 1. The third-order valence-electron chi connectivity index (χ3n) is 7.79. The lowest BCUT2D eigenvalue weighted by molar-refractivity contribution is -0.183. The first-order chi connectivity index (χ1) is 20.5. The summed E-state index contributed by atoms with van der Waals surface area (Å²) in [7, 11) is -3.81. The zero-order valence-corrected chi connectivity index (χ0v) is 26.4. The number of rotatable bonds is 11. The van der Waals surface area contributed by atoms with Crippen LogP contribution in [0.15, 0.2) is 72.8 Å². The predicted octanol–water partition coefficient (Wildman–Crippen LogP) is 6.91. The van der Waals surface area contributed by atoms with Crippen LogP contribution in [-0.2, 0) is 24.3 Å². The van der Waals surface area contributed by atoms with E-state index in [2.05, 4.69) is 0 Å². The number of halogens is 3. The summed E-state index contributed by atoms with van der Waals surface area (Å²) < 4.78 is 35.2. The molecule has 4 atom stereocenters. The number of morpholine rings is 1. The van der Waals surface area contributed by atoms with E-state index in [9.17, 15) is 23.1 Å². The van der Waals surface area contributed by atoms with E-state index in [0.29, 0.717) is 46.1 Å². The Hall–Kier alpha value is -2.82. The van der Waals surface area contributed by atoms with Gasteiger partial charge in [-0.2, -0.15) is 0 Å². The van der Waals surface area contributed by atoms with Crippen molar-refractivity contribution in [3.63, 3.8) is 0 Å². The minimum Gasteiger partial charge on any atom is -0.481 e. The Kier molecular flexibility index (Phi) is 9.58. The number of para-hydroxylation sites is 1. The van der Waals surface area contributed by atoms with Gasteiger partial charge in [-0.3, -0.25) is 13.9 Å². The maximum Gasteiger partial charge on any atom is 0.306 e. The fraction of sp³-hybridized carbons (Fsp3) is 0.355. The molecule has 0 spiro atoms. The summed E-state index contributed by atoms with van der Waals surface area (Å²) >= 11 is 19.1. The second-order valence-corrected chi connectivity index (χ2v) is 14.1. The van der Waals surface area contributed by atoms with E-state index in [-0.39, 0.29) is 11.6 Å². The normalized spacial score (nSPS) is 21.4. The highest BCUT2D eigenvalue weighted by molar-refractivity contribution is 7.93. The standard InChI is InChI=1S/C31H31Cl3N2O6S/c1-2-23(18-35(43(40,41)24-14-15-24)26-9-4-3-8-25(26)34)36-29(19-10-12-21(32)13-11-19)30(20-6-5-7-22(33)16-20)42-27(31(36)39)17-28(37)38/h3-13,16,23-24,27,29-30H,2,14-15,17-18H2,1H3,(H,37,38)/t23-,27-,29+,30+/m0/s1. The highest BCUT2D eigenvalue weighted by Gasteiger charge is 2.49. The van der Waals surface area contributed by atoms with Crippen LogP contribution in [0.3, 0.4) is 0 Å². The highest BCUT2D eigenvalue weighted by Crippen LogP contribution is 2.45. The molecular formula is C31H31Cl3N2O6S. The number of aliphatic carboxylic acids is 1. The second-order valence-electron chi connectivity index (χ2n) is 10.7. The number of nitrogens with zero attached hydrogens (tertiary/aromatic N) is 2. The van der Waals surface area contributed by atoms with Crippen molar-refractivity contribution in [3.05, 3.63) is 99.0 Å². The van der Waals surface area contributed by atoms with Gasteiger partial charge in [0.05, 0.1) is 41.0 Å². The summed E-state index contributed by atoms with van der Waals surface area (Å²) in [6.45, 7) is 1.78. The minimum atomic E-state index is -3.81. The fourth-order valence-electron chi connectivity index (χ4n) is 5.54. The van der Waals surface area contributed by atoms with Crippen molar-refractivity contribution in [1.29, 1.82) is 0 Å². The van der Waals surface area contributed by atoms with E-state index in [0.717, 1.165) is 0 Å². The summed E-state index contributed by atoms with van der Waals surface area (Å²) in [6, 6.07) is 19.2. The average molecular weight is 666 g/mol. The van der Waals surface area contributed by atoms with Crippen LogP contribution in [0.25, 0.3) is 0 Å². The van der Waals surface area contributed by atoms with Crippen LogP contribution in [0.1, 0.15) is 55.9 Å². The van der Waals surface area contributed by atoms with Crippen molar-refractivity contribution in [2.24, 2.45) is 0 Å². The Balaban J connectivity index is 1.66. The van der Waals surface area contributed by atoms with Gasteiger partial charge in [0.1, 0.15) is 12.2 Å². The lowest BCUT2D eigenvalue weighted by Crippen LogP contribution is -2.58. The largest absolute Gasteiger partial charge is 0.481 e. The van der Waals surface area contributed by atoms with Crippen molar-refractivity contribution in [2.75, 3.05) is 10.8 Å². The number of benzene rings is 3. The fourth-order valence-corrected chi connectivity index (χ4v) is 8.06. The molecule has 0 bridgehead atoms. The molecule has 0 aromatic heterocycles. The lowest BCUT2D eigenvalue weighted by atomic mass is 9.89. The van der Waals surface area contributed by atoms with E-state index in [4.69, 9.17) is 39.5 Å². The molecule has 1 saturated heterocycles. The molecule has 1 heterocycles. The zero-order chi connectivity index (χ0) is 30.9. The molecule has 12 heteroatoms. The smallest absolute Gasteiger partial charge is 0.306 e. The Labute approximate surface area is 266 Å².